The topological polar surface area (TPSA) is 54.0 Å². The first-order valence-corrected chi connectivity index (χ1v) is 10.2. The van der Waals surface area contributed by atoms with Crippen LogP contribution in [0.3, 0.4) is 0 Å². The Labute approximate surface area is 171 Å². The molecule has 0 unspecified atom stereocenters. The molecule has 0 bridgehead atoms. The van der Waals surface area contributed by atoms with Gasteiger partial charge < -0.3 is 18.9 Å². The molecule has 0 aliphatic carbocycles. The van der Waals surface area contributed by atoms with Crippen molar-refractivity contribution in [3.05, 3.63) is 59.2 Å². The van der Waals surface area contributed by atoms with Gasteiger partial charge in [-0.15, -0.1) is 0 Å². The highest BCUT2D eigenvalue weighted by Gasteiger charge is 2.47. The van der Waals surface area contributed by atoms with E-state index < -0.39 is 5.97 Å². The molecule has 1 saturated heterocycles. The van der Waals surface area contributed by atoms with Crippen LogP contribution in [0.4, 0.5) is 0 Å². The summed E-state index contributed by atoms with van der Waals surface area (Å²) in [6, 6.07) is 13.5. The lowest BCUT2D eigenvalue weighted by Crippen LogP contribution is -2.48. The highest BCUT2D eigenvalue weighted by molar-refractivity contribution is 5.93. The number of methoxy groups -OCH3 is 1. The summed E-state index contributed by atoms with van der Waals surface area (Å²) in [6.07, 6.45) is 2.16. The van der Waals surface area contributed by atoms with E-state index in [4.69, 9.17) is 18.9 Å². The number of hydrogen-bond donors (Lipinski definition) is 0. The average Bonchev–Trinajstić information content (AvgIpc) is 2.71. The molecule has 1 fully saturated rings. The number of esters is 1. The molecule has 0 aromatic heterocycles. The SMILES string of the molecule is COC(=O)c1cc2c(cc1OCc1ccccc1)[C@H]1O[C@@H](C)CC[C@@H]1C(C)(C)O2. The molecule has 29 heavy (non-hydrogen) atoms. The predicted octanol–water partition coefficient (Wildman–Crippen LogP) is 5.08. The molecule has 2 heterocycles. The first kappa shape index (κ1) is 19.8. The van der Waals surface area contributed by atoms with Gasteiger partial charge in [-0.3, -0.25) is 0 Å². The zero-order valence-electron chi connectivity index (χ0n) is 17.4. The maximum atomic E-state index is 12.4. The number of rotatable bonds is 4. The summed E-state index contributed by atoms with van der Waals surface area (Å²) < 4.78 is 23.7. The normalized spacial score (nSPS) is 24.6. The van der Waals surface area contributed by atoms with Crippen LogP contribution < -0.4 is 9.47 Å². The van der Waals surface area contributed by atoms with E-state index in [2.05, 4.69) is 20.8 Å². The van der Waals surface area contributed by atoms with Crippen LogP contribution in [0.2, 0.25) is 0 Å². The van der Waals surface area contributed by atoms with Crippen LogP contribution in [0.5, 0.6) is 11.5 Å². The Kier molecular flexibility index (Phi) is 5.26. The summed E-state index contributed by atoms with van der Waals surface area (Å²) in [6.45, 7) is 6.64. The summed E-state index contributed by atoms with van der Waals surface area (Å²) in [5.74, 6) is 0.954. The predicted molar refractivity (Wildman–Crippen MR) is 109 cm³/mol. The molecule has 2 aliphatic heterocycles. The van der Waals surface area contributed by atoms with Gasteiger partial charge in [-0.05, 0) is 51.3 Å². The Morgan fingerprint density at radius 3 is 2.66 bits per heavy atom. The van der Waals surface area contributed by atoms with E-state index in [1.54, 1.807) is 6.07 Å². The molecule has 5 heteroatoms. The van der Waals surface area contributed by atoms with Crippen LogP contribution in [0.1, 0.15) is 61.2 Å². The van der Waals surface area contributed by atoms with E-state index in [0.29, 0.717) is 23.7 Å². The van der Waals surface area contributed by atoms with Crippen molar-refractivity contribution in [3.8, 4) is 11.5 Å². The number of carbonyl (C=O) groups is 1. The van der Waals surface area contributed by atoms with Crippen molar-refractivity contribution in [2.45, 2.75) is 58.0 Å². The maximum Gasteiger partial charge on any atom is 0.341 e. The Bertz CT molecular complexity index is 890. The van der Waals surface area contributed by atoms with Gasteiger partial charge in [0.1, 0.15) is 29.3 Å². The molecule has 0 amide bonds. The third-order valence-corrected chi connectivity index (χ3v) is 5.96. The fraction of sp³-hybridized carbons (Fsp3) is 0.458. The van der Waals surface area contributed by atoms with E-state index >= 15 is 0 Å². The number of benzene rings is 2. The zero-order valence-corrected chi connectivity index (χ0v) is 17.4. The molecule has 2 aromatic rings. The fourth-order valence-electron chi connectivity index (χ4n) is 4.35. The monoisotopic (exact) mass is 396 g/mol. The van der Waals surface area contributed by atoms with Crippen LogP contribution in [0.15, 0.2) is 42.5 Å². The van der Waals surface area contributed by atoms with Crippen molar-refractivity contribution >= 4 is 5.97 Å². The van der Waals surface area contributed by atoms with E-state index in [0.717, 1.165) is 24.0 Å². The van der Waals surface area contributed by atoms with Crippen LogP contribution in [0.25, 0.3) is 0 Å². The van der Waals surface area contributed by atoms with Gasteiger partial charge in [0.25, 0.3) is 0 Å². The van der Waals surface area contributed by atoms with E-state index in [1.807, 2.05) is 36.4 Å². The van der Waals surface area contributed by atoms with E-state index in [1.165, 1.54) is 7.11 Å². The second-order valence-corrected chi connectivity index (χ2v) is 8.41. The lowest BCUT2D eigenvalue weighted by atomic mass is 9.75. The summed E-state index contributed by atoms with van der Waals surface area (Å²) in [5, 5.41) is 0. The summed E-state index contributed by atoms with van der Waals surface area (Å²) >= 11 is 0. The molecule has 0 N–H and O–H groups in total. The number of ether oxygens (including phenoxy) is 4. The van der Waals surface area contributed by atoms with Crippen molar-refractivity contribution < 1.29 is 23.7 Å². The van der Waals surface area contributed by atoms with Gasteiger partial charge in [0.2, 0.25) is 0 Å². The third-order valence-electron chi connectivity index (χ3n) is 5.96. The van der Waals surface area contributed by atoms with Crippen LogP contribution in [-0.4, -0.2) is 24.8 Å². The summed E-state index contributed by atoms with van der Waals surface area (Å²) in [4.78, 5) is 12.4. The molecular formula is C24H28O5. The van der Waals surface area contributed by atoms with E-state index in [9.17, 15) is 4.79 Å². The molecule has 0 radical (unpaired) electrons. The van der Waals surface area contributed by atoms with Gasteiger partial charge in [-0.25, -0.2) is 4.79 Å². The molecular weight excluding hydrogens is 368 g/mol. The Hall–Kier alpha value is -2.53. The van der Waals surface area contributed by atoms with Gasteiger partial charge in [-0.2, -0.15) is 0 Å². The van der Waals surface area contributed by atoms with Crippen molar-refractivity contribution in [1.82, 2.24) is 0 Å². The largest absolute Gasteiger partial charge is 0.488 e. The lowest BCUT2D eigenvalue weighted by Gasteiger charge is -2.48. The van der Waals surface area contributed by atoms with Crippen LogP contribution in [0, 0.1) is 5.92 Å². The smallest absolute Gasteiger partial charge is 0.341 e. The summed E-state index contributed by atoms with van der Waals surface area (Å²) in [7, 11) is 1.37. The highest BCUT2D eigenvalue weighted by atomic mass is 16.5. The molecule has 2 aromatic carbocycles. The first-order chi connectivity index (χ1) is 13.9. The number of carbonyl (C=O) groups excluding carboxylic acids is 1. The van der Waals surface area contributed by atoms with Crippen molar-refractivity contribution in [2.75, 3.05) is 7.11 Å². The molecule has 3 atom stereocenters. The van der Waals surface area contributed by atoms with Gasteiger partial charge in [0.05, 0.1) is 19.3 Å². The Morgan fingerprint density at radius 1 is 1.17 bits per heavy atom. The Morgan fingerprint density at radius 2 is 1.93 bits per heavy atom. The molecule has 154 valence electrons. The molecule has 5 nitrogen and oxygen atoms in total. The molecule has 0 saturated carbocycles. The van der Waals surface area contributed by atoms with Crippen molar-refractivity contribution in [1.29, 1.82) is 0 Å². The third kappa shape index (κ3) is 3.84. The lowest BCUT2D eigenvalue weighted by molar-refractivity contribution is -0.144. The quantitative estimate of drug-likeness (QED) is 0.675. The van der Waals surface area contributed by atoms with Gasteiger partial charge in [0, 0.05) is 11.5 Å². The second kappa shape index (κ2) is 7.71. The van der Waals surface area contributed by atoms with Gasteiger partial charge >= 0.3 is 5.97 Å². The Balaban J connectivity index is 1.73. The first-order valence-electron chi connectivity index (χ1n) is 10.2. The standard InChI is InChI=1S/C24H28O5/c1-15-10-11-19-22(28-15)17-12-20(27-14-16-8-6-5-7-9-16)18(23(25)26-4)13-21(17)29-24(19,2)3/h5-9,12-13,15,19,22H,10-11,14H2,1-4H3/t15-,19-,22+/m0/s1. The number of fused-ring (bicyclic) bond motifs is 3. The minimum Gasteiger partial charge on any atom is -0.488 e. The minimum atomic E-state index is -0.447. The second-order valence-electron chi connectivity index (χ2n) is 8.41. The fourth-order valence-corrected chi connectivity index (χ4v) is 4.35. The van der Waals surface area contributed by atoms with E-state index in [-0.39, 0.29) is 23.7 Å². The number of hydrogen-bond acceptors (Lipinski definition) is 5. The molecule has 0 spiro atoms. The van der Waals surface area contributed by atoms with Crippen LogP contribution >= 0.6 is 0 Å². The van der Waals surface area contributed by atoms with Gasteiger partial charge in [0.15, 0.2) is 0 Å². The highest BCUT2D eigenvalue weighted by Crippen LogP contribution is 2.52. The van der Waals surface area contributed by atoms with Crippen LogP contribution in [-0.2, 0) is 16.1 Å². The van der Waals surface area contributed by atoms with Crippen molar-refractivity contribution in [3.63, 3.8) is 0 Å². The average molecular weight is 396 g/mol. The van der Waals surface area contributed by atoms with Gasteiger partial charge in [-0.1, -0.05) is 30.3 Å². The molecule has 2 aliphatic rings. The minimum absolute atomic E-state index is 0.0803. The van der Waals surface area contributed by atoms with Crippen molar-refractivity contribution in [2.24, 2.45) is 5.92 Å². The molecule has 4 rings (SSSR count). The summed E-state index contributed by atoms with van der Waals surface area (Å²) in [5.41, 5.74) is 1.95. The zero-order chi connectivity index (χ0) is 20.6. The maximum absolute atomic E-state index is 12.4.